The minimum absolute atomic E-state index is 0.154. The first-order valence-electron chi connectivity index (χ1n) is 9.85. The van der Waals surface area contributed by atoms with Crippen LogP contribution in [0.3, 0.4) is 0 Å². The average Bonchev–Trinajstić information content (AvgIpc) is 2.87. The summed E-state index contributed by atoms with van der Waals surface area (Å²) in [6.07, 6.45) is 4.14. The maximum absolute atomic E-state index is 12.7. The number of hydrogen-bond donors (Lipinski definition) is 2. The summed E-state index contributed by atoms with van der Waals surface area (Å²) >= 11 is 0. The van der Waals surface area contributed by atoms with Crippen molar-refractivity contribution in [1.29, 1.82) is 0 Å². The van der Waals surface area contributed by atoms with Gasteiger partial charge >= 0.3 is 11.9 Å². The highest BCUT2D eigenvalue weighted by Crippen LogP contribution is 2.50. The molecule has 0 radical (unpaired) electrons. The quantitative estimate of drug-likeness (QED) is 0.802. The third-order valence-corrected chi connectivity index (χ3v) is 6.45. The van der Waals surface area contributed by atoms with E-state index in [2.05, 4.69) is 20.8 Å². The van der Waals surface area contributed by atoms with E-state index in [9.17, 15) is 19.5 Å². The van der Waals surface area contributed by atoms with Gasteiger partial charge in [-0.2, -0.15) is 0 Å². The number of rotatable bonds is 5. The van der Waals surface area contributed by atoms with Crippen LogP contribution in [0.5, 0.6) is 0 Å². The highest BCUT2D eigenvalue weighted by molar-refractivity contribution is 6.00. The number of aliphatic carboxylic acids is 2. The number of nitrogens with zero attached hydrogens (tertiary/aromatic N) is 1. The molecular weight excluding hydrogens is 358 g/mol. The fraction of sp³-hybridized carbons (Fsp3) is 0.591. The van der Waals surface area contributed by atoms with Crippen molar-refractivity contribution >= 4 is 17.8 Å². The van der Waals surface area contributed by atoms with Gasteiger partial charge in [0.2, 0.25) is 0 Å². The van der Waals surface area contributed by atoms with Crippen molar-refractivity contribution in [2.24, 2.45) is 5.41 Å². The van der Waals surface area contributed by atoms with Crippen molar-refractivity contribution in [3.8, 4) is 0 Å². The van der Waals surface area contributed by atoms with Gasteiger partial charge < -0.3 is 15.1 Å². The molecule has 1 saturated carbocycles. The number of benzene rings is 1. The largest absolute Gasteiger partial charge is 0.481 e. The second-order valence-corrected chi connectivity index (χ2v) is 9.42. The topological polar surface area (TPSA) is 94.9 Å². The summed E-state index contributed by atoms with van der Waals surface area (Å²) in [4.78, 5) is 37.0. The molecule has 2 aliphatic rings. The third kappa shape index (κ3) is 3.52. The van der Waals surface area contributed by atoms with Crippen LogP contribution < -0.4 is 0 Å². The van der Waals surface area contributed by atoms with Crippen LogP contribution in [0.2, 0.25) is 0 Å². The lowest BCUT2D eigenvalue weighted by molar-refractivity contribution is -0.139. The second kappa shape index (κ2) is 6.90. The van der Waals surface area contributed by atoms with Gasteiger partial charge in [0.1, 0.15) is 6.54 Å². The standard InChI is InChI=1S/C22H29NO5/c1-13(20(27)28)18-15-10-23(11-17(24)25)19(26)14(15)6-7-16(18)22(4)9-5-8-21(2,3)12-22/h6-7,13H,5,8-12H2,1-4H3,(H,24,25)(H,27,28). The predicted molar refractivity (Wildman–Crippen MR) is 104 cm³/mol. The van der Waals surface area contributed by atoms with E-state index < -0.39 is 17.9 Å². The van der Waals surface area contributed by atoms with E-state index in [1.165, 1.54) is 4.90 Å². The summed E-state index contributed by atoms with van der Waals surface area (Å²) in [5.74, 6) is -3.10. The number of carboxylic acid groups (broad SMARTS) is 2. The van der Waals surface area contributed by atoms with Crippen molar-refractivity contribution in [3.63, 3.8) is 0 Å². The van der Waals surface area contributed by atoms with Crippen LogP contribution in [0.1, 0.15) is 86.3 Å². The van der Waals surface area contributed by atoms with Crippen LogP contribution in [0, 0.1) is 5.41 Å². The Morgan fingerprint density at radius 2 is 1.86 bits per heavy atom. The van der Waals surface area contributed by atoms with Crippen molar-refractivity contribution in [1.82, 2.24) is 4.90 Å². The molecule has 2 atom stereocenters. The third-order valence-electron chi connectivity index (χ3n) is 6.45. The lowest BCUT2D eigenvalue weighted by atomic mass is 9.60. The highest BCUT2D eigenvalue weighted by Gasteiger charge is 2.42. The Hall–Kier alpha value is -2.37. The molecule has 0 saturated heterocycles. The van der Waals surface area contributed by atoms with E-state index in [0.717, 1.165) is 31.2 Å². The normalized spacial score (nSPS) is 24.7. The number of amides is 1. The number of fused-ring (bicyclic) bond motifs is 1. The lowest BCUT2D eigenvalue weighted by Gasteiger charge is -2.44. The zero-order valence-corrected chi connectivity index (χ0v) is 17.0. The Balaban J connectivity index is 2.15. The highest BCUT2D eigenvalue weighted by atomic mass is 16.4. The summed E-state index contributed by atoms with van der Waals surface area (Å²) in [6, 6.07) is 3.68. The summed E-state index contributed by atoms with van der Waals surface area (Å²) in [7, 11) is 0. The van der Waals surface area contributed by atoms with Crippen LogP contribution in [-0.2, 0) is 21.5 Å². The van der Waals surface area contributed by atoms with Gasteiger partial charge in [0.15, 0.2) is 0 Å². The summed E-state index contributed by atoms with van der Waals surface area (Å²) in [5.41, 5.74) is 2.82. The molecule has 1 heterocycles. The Bertz CT molecular complexity index is 844. The first-order chi connectivity index (χ1) is 12.9. The van der Waals surface area contributed by atoms with Gasteiger partial charge in [0.25, 0.3) is 5.91 Å². The van der Waals surface area contributed by atoms with Gasteiger partial charge in [0.05, 0.1) is 5.92 Å². The smallest absolute Gasteiger partial charge is 0.323 e. The molecule has 0 spiro atoms. The zero-order chi connectivity index (χ0) is 20.9. The molecular formula is C22H29NO5. The molecule has 6 heteroatoms. The van der Waals surface area contributed by atoms with Gasteiger partial charge in [0, 0.05) is 12.1 Å². The molecule has 1 aromatic rings. The first-order valence-corrected chi connectivity index (χ1v) is 9.85. The fourth-order valence-corrected chi connectivity index (χ4v) is 5.32. The minimum Gasteiger partial charge on any atom is -0.481 e. The molecule has 3 rings (SSSR count). The number of carbonyl (C=O) groups excluding carboxylic acids is 1. The van der Waals surface area contributed by atoms with Gasteiger partial charge in [-0.3, -0.25) is 14.4 Å². The monoisotopic (exact) mass is 387 g/mol. The van der Waals surface area contributed by atoms with Crippen LogP contribution >= 0.6 is 0 Å². The van der Waals surface area contributed by atoms with Crippen LogP contribution in [-0.4, -0.2) is 39.5 Å². The predicted octanol–water partition coefficient (Wildman–Crippen LogP) is 3.77. The molecule has 1 aliphatic heterocycles. The summed E-state index contributed by atoms with van der Waals surface area (Å²) < 4.78 is 0. The van der Waals surface area contributed by atoms with E-state index in [4.69, 9.17) is 5.11 Å². The molecule has 2 N–H and O–H groups in total. The Morgan fingerprint density at radius 1 is 1.18 bits per heavy atom. The van der Waals surface area contributed by atoms with Crippen molar-refractivity contribution in [2.75, 3.05) is 6.54 Å². The Kier molecular flexibility index (Phi) is 5.02. The molecule has 1 fully saturated rings. The van der Waals surface area contributed by atoms with E-state index in [-0.39, 0.29) is 29.8 Å². The maximum Gasteiger partial charge on any atom is 0.323 e. The van der Waals surface area contributed by atoms with Gasteiger partial charge in [-0.1, -0.05) is 33.3 Å². The fourth-order valence-electron chi connectivity index (χ4n) is 5.32. The molecule has 1 aromatic carbocycles. The first kappa shape index (κ1) is 20.4. The maximum atomic E-state index is 12.7. The lowest BCUT2D eigenvalue weighted by Crippen LogP contribution is -2.36. The second-order valence-electron chi connectivity index (χ2n) is 9.42. The van der Waals surface area contributed by atoms with E-state index in [1.54, 1.807) is 13.0 Å². The van der Waals surface area contributed by atoms with E-state index in [0.29, 0.717) is 16.7 Å². The molecule has 152 valence electrons. The van der Waals surface area contributed by atoms with Crippen molar-refractivity contribution in [2.45, 2.75) is 71.3 Å². The number of carbonyl (C=O) groups is 3. The van der Waals surface area contributed by atoms with Crippen molar-refractivity contribution in [3.05, 3.63) is 34.4 Å². The Morgan fingerprint density at radius 3 is 2.43 bits per heavy atom. The van der Waals surface area contributed by atoms with E-state index >= 15 is 0 Å². The van der Waals surface area contributed by atoms with Gasteiger partial charge in [-0.25, -0.2) is 0 Å². The van der Waals surface area contributed by atoms with Crippen LogP contribution in [0.15, 0.2) is 12.1 Å². The molecule has 1 aliphatic carbocycles. The van der Waals surface area contributed by atoms with Gasteiger partial charge in [-0.15, -0.1) is 0 Å². The number of carboxylic acids is 2. The molecule has 2 unspecified atom stereocenters. The molecule has 28 heavy (non-hydrogen) atoms. The van der Waals surface area contributed by atoms with E-state index in [1.807, 2.05) is 6.07 Å². The summed E-state index contributed by atoms with van der Waals surface area (Å²) in [5, 5.41) is 18.9. The average molecular weight is 387 g/mol. The molecule has 6 nitrogen and oxygen atoms in total. The summed E-state index contributed by atoms with van der Waals surface area (Å²) in [6.45, 7) is 8.11. The Labute approximate surface area is 165 Å². The zero-order valence-electron chi connectivity index (χ0n) is 17.0. The minimum atomic E-state index is -1.07. The van der Waals surface area contributed by atoms with Crippen LogP contribution in [0.4, 0.5) is 0 Å². The molecule has 0 bridgehead atoms. The molecule has 0 aromatic heterocycles. The van der Waals surface area contributed by atoms with Crippen molar-refractivity contribution < 1.29 is 24.6 Å². The van der Waals surface area contributed by atoms with Gasteiger partial charge in [-0.05, 0) is 59.8 Å². The SMILES string of the molecule is CC(C(=O)O)c1c(C2(C)CCCC(C)(C)C2)ccc2c1CN(CC(=O)O)C2=O. The van der Waals surface area contributed by atoms with Crippen LogP contribution in [0.25, 0.3) is 0 Å². The number of hydrogen-bond acceptors (Lipinski definition) is 3. The molecule has 1 amide bonds.